The summed E-state index contributed by atoms with van der Waals surface area (Å²) in [6.45, 7) is 3.67. The zero-order valence-electron chi connectivity index (χ0n) is 17.1. The lowest BCUT2D eigenvalue weighted by Gasteiger charge is -2.16. The van der Waals surface area contributed by atoms with Crippen LogP contribution in [0.5, 0.6) is 0 Å². The lowest BCUT2D eigenvalue weighted by molar-refractivity contribution is -0.112. The van der Waals surface area contributed by atoms with E-state index in [9.17, 15) is 9.59 Å². The highest BCUT2D eigenvalue weighted by atomic mass is 16.1. The zero-order valence-corrected chi connectivity index (χ0v) is 17.1. The molecule has 0 bridgehead atoms. The van der Waals surface area contributed by atoms with E-state index in [4.69, 9.17) is 0 Å². The molecule has 0 radical (unpaired) electrons. The minimum absolute atomic E-state index is 0.0203. The van der Waals surface area contributed by atoms with E-state index in [1.807, 2.05) is 111 Å². The number of Topliss-reactive ketones (excluding diaryl/α,β-unsaturated/α-hetero) is 2. The number of benzene rings is 2. The Balaban J connectivity index is 1.80. The van der Waals surface area contributed by atoms with Crippen molar-refractivity contribution in [3.05, 3.63) is 131 Å². The van der Waals surface area contributed by atoms with Gasteiger partial charge in [-0.05, 0) is 71.6 Å². The maximum absolute atomic E-state index is 13.3. The largest absolute Gasteiger partial charge is 0.289 e. The molecular weight excluding hydrogens is 368 g/mol. The number of carbonyl (C=O) groups excluding carboxylic acids is 2. The minimum Gasteiger partial charge on any atom is -0.289 e. The molecule has 2 nitrogen and oxygen atoms in total. The molecule has 2 aliphatic rings. The van der Waals surface area contributed by atoms with Gasteiger partial charge < -0.3 is 0 Å². The number of allylic oxidation sites excluding steroid dienone is 12. The Hall–Kier alpha value is -3.78. The van der Waals surface area contributed by atoms with Gasteiger partial charge in [-0.1, -0.05) is 72.8 Å². The molecule has 2 aromatic rings. The number of ketones is 2. The summed E-state index contributed by atoms with van der Waals surface area (Å²) in [6, 6.07) is 19.5. The molecule has 0 N–H and O–H groups in total. The van der Waals surface area contributed by atoms with Gasteiger partial charge >= 0.3 is 0 Å². The first-order chi connectivity index (χ1) is 14.5. The molecule has 146 valence electrons. The maximum atomic E-state index is 13.3. The number of hydrogen-bond donors (Lipinski definition) is 0. The standard InChI is InChI=1S/C28H22O2/c1-19-15-21(16-20(2)27(19)29)13-14-22-17-25(23-9-5-3-6-10-23)28(30)26(18-22)24-11-7-4-8-12-24/h3-18H,1-2H3. The second-order valence-electron chi connectivity index (χ2n) is 7.49. The van der Waals surface area contributed by atoms with Crippen molar-refractivity contribution < 1.29 is 9.59 Å². The number of hydrogen-bond acceptors (Lipinski definition) is 2. The summed E-state index contributed by atoms with van der Waals surface area (Å²) >= 11 is 0. The van der Waals surface area contributed by atoms with Gasteiger partial charge in [0.2, 0.25) is 0 Å². The highest BCUT2D eigenvalue weighted by molar-refractivity contribution is 6.43. The molecule has 30 heavy (non-hydrogen) atoms. The summed E-state index contributed by atoms with van der Waals surface area (Å²) in [5, 5.41) is 0. The smallest absolute Gasteiger partial charge is 0.194 e. The van der Waals surface area contributed by atoms with Crippen molar-refractivity contribution in [1.29, 1.82) is 0 Å². The monoisotopic (exact) mass is 390 g/mol. The number of carbonyl (C=O) groups is 2. The van der Waals surface area contributed by atoms with Crippen LogP contribution in [0.25, 0.3) is 11.1 Å². The molecule has 2 aromatic carbocycles. The van der Waals surface area contributed by atoms with Crippen molar-refractivity contribution >= 4 is 22.7 Å². The Morgan fingerprint density at radius 3 is 1.37 bits per heavy atom. The van der Waals surface area contributed by atoms with E-state index in [0.29, 0.717) is 11.1 Å². The van der Waals surface area contributed by atoms with Gasteiger partial charge in [0.25, 0.3) is 0 Å². The summed E-state index contributed by atoms with van der Waals surface area (Å²) < 4.78 is 0. The third kappa shape index (κ3) is 3.99. The van der Waals surface area contributed by atoms with Crippen LogP contribution in [0.4, 0.5) is 0 Å². The van der Waals surface area contributed by atoms with Gasteiger partial charge in [0.15, 0.2) is 11.6 Å². The normalized spacial score (nSPS) is 16.5. The van der Waals surface area contributed by atoms with Gasteiger partial charge in [0.1, 0.15) is 0 Å². The first-order valence-corrected chi connectivity index (χ1v) is 9.95. The van der Waals surface area contributed by atoms with Crippen molar-refractivity contribution in [2.75, 3.05) is 0 Å². The Morgan fingerprint density at radius 2 is 0.933 bits per heavy atom. The van der Waals surface area contributed by atoms with E-state index < -0.39 is 0 Å². The lowest BCUT2D eigenvalue weighted by atomic mass is 9.86. The molecule has 0 saturated heterocycles. The molecule has 0 unspecified atom stereocenters. The van der Waals surface area contributed by atoms with Gasteiger partial charge in [-0.2, -0.15) is 0 Å². The quantitative estimate of drug-likeness (QED) is 0.638. The van der Waals surface area contributed by atoms with E-state index in [2.05, 4.69) is 0 Å². The molecule has 2 heteroatoms. The van der Waals surface area contributed by atoms with E-state index in [0.717, 1.165) is 33.4 Å². The second kappa shape index (κ2) is 8.30. The first-order valence-electron chi connectivity index (χ1n) is 9.95. The zero-order chi connectivity index (χ0) is 21.1. The van der Waals surface area contributed by atoms with Gasteiger partial charge in [0.05, 0.1) is 0 Å². The van der Waals surface area contributed by atoms with Crippen molar-refractivity contribution in [1.82, 2.24) is 0 Å². The fraction of sp³-hybridized carbons (Fsp3) is 0.0714. The predicted molar refractivity (Wildman–Crippen MR) is 123 cm³/mol. The van der Waals surface area contributed by atoms with Crippen LogP contribution in [0.15, 0.2) is 119 Å². The van der Waals surface area contributed by atoms with Gasteiger partial charge in [0, 0.05) is 11.1 Å². The second-order valence-corrected chi connectivity index (χ2v) is 7.49. The van der Waals surface area contributed by atoms with E-state index in [-0.39, 0.29) is 11.6 Å². The maximum Gasteiger partial charge on any atom is 0.194 e. The summed E-state index contributed by atoms with van der Waals surface area (Å²) in [7, 11) is 0. The van der Waals surface area contributed by atoms with E-state index in [1.54, 1.807) is 0 Å². The van der Waals surface area contributed by atoms with E-state index >= 15 is 0 Å². The van der Waals surface area contributed by atoms with Crippen LogP contribution in [-0.2, 0) is 9.59 Å². The third-order valence-electron chi connectivity index (χ3n) is 5.23. The van der Waals surface area contributed by atoms with Crippen LogP contribution in [-0.4, -0.2) is 11.6 Å². The summed E-state index contributed by atoms with van der Waals surface area (Å²) in [4.78, 5) is 25.2. The van der Waals surface area contributed by atoms with Gasteiger partial charge in [-0.25, -0.2) is 0 Å². The molecular formula is C28H22O2. The highest BCUT2D eigenvalue weighted by Crippen LogP contribution is 2.32. The third-order valence-corrected chi connectivity index (χ3v) is 5.23. The van der Waals surface area contributed by atoms with Crippen LogP contribution < -0.4 is 0 Å². The Morgan fingerprint density at radius 1 is 0.533 bits per heavy atom. The highest BCUT2D eigenvalue weighted by Gasteiger charge is 2.22. The molecule has 0 heterocycles. The lowest BCUT2D eigenvalue weighted by Crippen LogP contribution is -2.09. The van der Waals surface area contributed by atoms with Crippen LogP contribution in [0.1, 0.15) is 25.0 Å². The summed E-state index contributed by atoms with van der Waals surface area (Å²) in [6.07, 6.45) is 11.6. The summed E-state index contributed by atoms with van der Waals surface area (Å²) in [5.74, 6) is 0.104. The predicted octanol–water partition coefficient (Wildman–Crippen LogP) is 6.06. The molecule has 0 spiro atoms. The molecule has 0 atom stereocenters. The molecule has 0 saturated carbocycles. The Bertz CT molecular complexity index is 1110. The average molecular weight is 390 g/mol. The van der Waals surface area contributed by atoms with Crippen molar-refractivity contribution in [2.24, 2.45) is 0 Å². The minimum atomic E-state index is 0.0203. The molecule has 4 rings (SSSR count). The summed E-state index contributed by atoms with van der Waals surface area (Å²) in [5.41, 5.74) is 6.54. The SMILES string of the molecule is CC1=CC(=CC=C2C=C(c3ccccc3)C(=O)C(c3ccccc3)=C2)C=C(C)C1=O. The van der Waals surface area contributed by atoms with Gasteiger partial charge in [-0.15, -0.1) is 0 Å². The Kier molecular flexibility index (Phi) is 5.40. The van der Waals surface area contributed by atoms with Crippen molar-refractivity contribution in [3.63, 3.8) is 0 Å². The molecule has 0 aromatic heterocycles. The van der Waals surface area contributed by atoms with Crippen molar-refractivity contribution in [2.45, 2.75) is 13.8 Å². The van der Waals surface area contributed by atoms with Crippen LogP contribution in [0.2, 0.25) is 0 Å². The molecule has 0 amide bonds. The molecule has 0 fully saturated rings. The van der Waals surface area contributed by atoms with E-state index in [1.165, 1.54) is 0 Å². The fourth-order valence-electron chi connectivity index (χ4n) is 3.68. The molecule has 2 aliphatic carbocycles. The average Bonchev–Trinajstić information content (AvgIpc) is 2.77. The first kappa shape index (κ1) is 19.5. The van der Waals surface area contributed by atoms with Crippen LogP contribution >= 0.6 is 0 Å². The Labute approximate surface area is 177 Å². The topological polar surface area (TPSA) is 34.1 Å². The van der Waals surface area contributed by atoms with Crippen molar-refractivity contribution in [3.8, 4) is 0 Å². The van der Waals surface area contributed by atoms with Crippen LogP contribution in [0, 0.1) is 0 Å². The van der Waals surface area contributed by atoms with Gasteiger partial charge in [-0.3, -0.25) is 9.59 Å². The van der Waals surface area contributed by atoms with Crippen LogP contribution in [0.3, 0.4) is 0 Å². The fourth-order valence-corrected chi connectivity index (χ4v) is 3.68. The number of rotatable bonds is 3. The molecule has 0 aliphatic heterocycles.